The zero-order valence-electron chi connectivity index (χ0n) is 25.8. The Morgan fingerprint density at radius 2 is 1.61 bits per heavy atom. The van der Waals surface area contributed by atoms with Gasteiger partial charge in [-0.05, 0) is 80.8 Å². The molecule has 4 heterocycles. The first kappa shape index (κ1) is 28.7. The molecule has 2 aromatic carbocycles. The van der Waals surface area contributed by atoms with E-state index in [1.54, 1.807) is 9.80 Å². The number of hydrogen-bond acceptors (Lipinski definition) is 5. The third-order valence-electron chi connectivity index (χ3n) is 9.86. The summed E-state index contributed by atoms with van der Waals surface area (Å²) in [6, 6.07) is 14.4. The first-order valence-electron chi connectivity index (χ1n) is 15.9. The van der Waals surface area contributed by atoms with Crippen molar-refractivity contribution in [3.8, 4) is 11.1 Å². The molecular formula is C34H41N5O5. The molecular weight excluding hydrogens is 558 g/mol. The summed E-state index contributed by atoms with van der Waals surface area (Å²) in [6.45, 7) is 8.06. The number of nitrogens with zero attached hydrogens (tertiary/aromatic N) is 4. The normalized spacial score (nSPS) is 25.1. The van der Waals surface area contributed by atoms with E-state index in [0.717, 1.165) is 12.1 Å². The van der Waals surface area contributed by atoms with Gasteiger partial charge in [0.05, 0.1) is 18.0 Å². The molecule has 4 aliphatic heterocycles. The number of anilines is 1. The molecule has 4 fully saturated rings. The number of nitrogens with one attached hydrogen (secondary N) is 1. The Bertz CT molecular complexity index is 1510. The molecule has 4 saturated heterocycles. The van der Waals surface area contributed by atoms with Crippen molar-refractivity contribution in [2.45, 2.75) is 76.6 Å². The summed E-state index contributed by atoms with van der Waals surface area (Å²) in [5, 5.41) is 3.13. The van der Waals surface area contributed by atoms with E-state index in [0.29, 0.717) is 52.0 Å². The van der Waals surface area contributed by atoms with Crippen molar-refractivity contribution in [2.75, 3.05) is 37.6 Å². The summed E-state index contributed by atoms with van der Waals surface area (Å²) in [4.78, 5) is 59.7. The second kappa shape index (κ2) is 10.8. The highest BCUT2D eigenvalue weighted by molar-refractivity contribution is 6.01. The first-order chi connectivity index (χ1) is 21.1. The van der Waals surface area contributed by atoms with Gasteiger partial charge >= 0.3 is 12.1 Å². The zero-order valence-corrected chi connectivity index (χ0v) is 25.8. The van der Waals surface area contributed by atoms with Crippen LogP contribution in [0, 0.1) is 5.92 Å². The number of fused-ring (bicyclic) bond motifs is 4. The molecule has 0 radical (unpaired) electrons. The number of amides is 5. The Kier molecular flexibility index (Phi) is 7.05. The molecule has 2 aromatic rings. The summed E-state index contributed by atoms with van der Waals surface area (Å²) in [7, 11) is 0. The molecule has 7 rings (SSSR count). The average Bonchev–Trinajstić information content (AvgIpc) is 3.67. The highest BCUT2D eigenvalue weighted by Gasteiger charge is 2.48. The average molecular weight is 600 g/mol. The Balaban J connectivity index is 0.953. The van der Waals surface area contributed by atoms with Crippen molar-refractivity contribution in [3.05, 3.63) is 53.6 Å². The van der Waals surface area contributed by atoms with Crippen LogP contribution in [0.25, 0.3) is 11.1 Å². The number of likely N-dealkylation sites (tertiary alicyclic amines) is 2. The first-order valence-corrected chi connectivity index (χ1v) is 15.9. The minimum Gasteiger partial charge on any atom is -0.444 e. The number of carbonyl (C=O) groups excluding carboxylic acids is 4. The van der Waals surface area contributed by atoms with E-state index in [2.05, 4.69) is 41.7 Å². The number of benzene rings is 2. The van der Waals surface area contributed by atoms with Crippen molar-refractivity contribution in [1.82, 2.24) is 20.0 Å². The van der Waals surface area contributed by atoms with Gasteiger partial charge < -0.3 is 29.7 Å². The number of carbonyl (C=O) groups is 4. The fourth-order valence-corrected chi connectivity index (χ4v) is 7.77. The summed E-state index contributed by atoms with van der Waals surface area (Å²) in [5.74, 6) is -0.423. The van der Waals surface area contributed by atoms with Crippen molar-refractivity contribution >= 4 is 29.6 Å². The predicted octanol–water partition coefficient (Wildman–Crippen LogP) is 4.00. The van der Waals surface area contributed by atoms with E-state index in [4.69, 9.17) is 4.74 Å². The molecule has 0 spiro atoms. The van der Waals surface area contributed by atoms with Crippen LogP contribution >= 0.6 is 0 Å². The van der Waals surface area contributed by atoms with Crippen LogP contribution in [0.2, 0.25) is 0 Å². The standard InChI is InChI=1S/C34H41N5O5/c1-34(2,3)44-33(43)36-13-10-24(11-14-36)39-29-12-15-37(20-28(29)35-32(39)42)31(41)23-18-30(40)38(19-23)25-8-9-27-22(17-25)16-21-6-4-5-7-26(21)27/h4-9,17,23-24,28-29H,10-16,18-20H2,1-3H3,(H,35,42). The fourth-order valence-electron chi connectivity index (χ4n) is 7.77. The van der Waals surface area contributed by atoms with Gasteiger partial charge in [0, 0.05) is 50.9 Å². The molecule has 1 N–H and O–H groups in total. The molecule has 1 aliphatic carbocycles. The van der Waals surface area contributed by atoms with Crippen LogP contribution in [0.5, 0.6) is 0 Å². The Morgan fingerprint density at radius 3 is 2.39 bits per heavy atom. The van der Waals surface area contributed by atoms with Gasteiger partial charge in [-0.1, -0.05) is 30.3 Å². The van der Waals surface area contributed by atoms with Gasteiger partial charge in [0.25, 0.3) is 0 Å². The minimum atomic E-state index is -0.541. The maximum absolute atomic E-state index is 13.7. The molecule has 3 atom stereocenters. The number of hydrogen-bond donors (Lipinski definition) is 1. The Hall–Kier alpha value is -4.08. The molecule has 10 heteroatoms. The smallest absolute Gasteiger partial charge is 0.410 e. The van der Waals surface area contributed by atoms with Crippen LogP contribution in [-0.4, -0.2) is 95.1 Å². The largest absolute Gasteiger partial charge is 0.444 e. The van der Waals surface area contributed by atoms with E-state index < -0.39 is 11.5 Å². The van der Waals surface area contributed by atoms with Crippen molar-refractivity contribution in [3.63, 3.8) is 0 Å². The van der Waals surface area contributed by atoms with Crippen molar-refractivity contribution in [2.24, 2.45) is 5.92 Å². The zero-order chi connectivity index (χ0) is 30.7. The van der Waals surface area contributed by atoms with Crippen LogP contribution in [0.3, 0.4) is 0 Å². The van der Waals surface area contributed by atoms with Crippen molar-refractivity contribution in [1.29, 1.82) is 0 Å². The maximum atomic E-state index is 13.7. The van der Waals surface area contributed by atoms with Gasteiger partial charge in [-0.3, -0.25) is 9.59 Å². The second-order valence-corrected chi connectivity index (χ2v) is 13.9. The molecule has 5 amide bonds. The minimum absolute atomic E-state index is 0.00812. The van der Waals surface area contributed by atoms with E-state index in [1.165, 1.54) is 22.3 Å². The molecule has 3 unspecified atom stereocenters. The van der Waals surface area contributed by atoms with Crippen LogP contribution in [-0.2, 0) is 20.7 Å². The predicted molar refractivity (Wildman–Crippen MR) is 165 cm³/mol. The lowest BCUT2D eigenvalue weighted by molar-refractivity contribution is -0.137. The number of urea groups is 1. The third kappa shape index (κ3) is 5.18. The van der Waals surface area contributed by atoms with E-state index in [9.17, 15) is 19.2 Å². The monoisotopic (exact) mass is 599 g/mol. The van der Waals surface area contributed by atoms with Gasteiger partial charge in [-0.25, -0.2) is 9.59 Å². The van der Waals surface area contributed by atoms with Gasteiger partial charge in [0.2, 0.25) is 11.8 Å². The number of rotatable bonds is 3. The summed E-state index contributed by atoms with van der Waals surface area (Å²) < 4.78 is 5.52. The molecule has 0 bridgehead atoms. The van der Waals surface area contributed by atoms with E-state index in [-0.39, 0.29) is 48.5 Å². The highest BCUT2D eigenvalue weighted by atomic mass is 16.6. The summed E-state index contributed by atoms with van der Waals surface area (Å²) in [5.41, 5.74) is 5.29. The highest BCUT2D eigenvalue weighted by Crippen LogP contribution is 2.39. The van der Waals surface area contributed by atoms with Gasteiger partial charge in [-0.2, -0.15) is 0 Å². The van der Waals surface area contributed by atoms with Crippen LogP contribution in [0.15, 0.2) is 42.5 Å². The number of piperidine rings is 2. The lowest BCUT2D eigenvalue weighted by Crippen LogP contribution is -2.56. The quantitative estimate of drug-likeness (QED) is 0.490. The lowest BCUT2D eigenvalue weighted by atomic mass is 9.94. The molecule has 5 aliphatic rings. The Morgan fingerprint density at radius 1 is 0.886 bits per heavy atom. The molecule has 10 nitrogen and oxygen atoms in total. The summed E-state index contributed by atoms with van der Waals surface area (Å²) >= 11 is 0. The van der Waals surface area contributed by atoms with Gasteiger partial charge in [-0.15, -0.1) is 0 Å². The third-order valence-corrected chi connectivity index (χ3v) is 9.86. The number of ether oxygens (including phenoxy) is 1. The molecule has 0 saturated carbocycles. The van der Waals surface area contributed by atoms with E-state index in [1.807, 2.05) is 36.6 Å². The lowest BCUT2D eigenvalue weighted by Gasteiger charge is -2.42. The van der Waals surface area contributed by atoms with Crippen LogP contribution in [0.4, 0.5) is 15.3 Å². The summed E-state index contributed by atoms with van der Waals surface area (Å²) in [6.07, 6.45) is 2.84. The molecule has 44 heavy (non-hydrogen) atoms. The van der Waals surface area contributed by atoms with Gasteiger partial charge in [0.1, 0.15) is 5.60 Å². The molecule has 0 aromatic heterocycles. The van der Waals surface area contributed by atoms with Crippen LogP contribution < -0.4 is 10.2 Å². The topological polar surface area (TPSA) is 102 Å². The van der Waals surface area contributed by atoms with Gasteiger partial charge in [0.15, 0.2) is 0 Å². The maximum Gasteiger partial charge on any atom is 0.410 e. The second-order valence-electron chi connectivity index (χ2n) is 13.9. The molecule has 232 valence electrons. The van der Waals surface area contributed by atoms with Crippen LogP contribution in [0.1, 0.15) is 57.6 Å². The van der Waals surface area contributed by atoms with E-state index >= 15 is 0 Å². The van der Waals surface area contributed by atoms with Crippen molar-refractivity contribution < 1.29 is 23.9 Å². The Labute approximate surface area is 258 Å². The fraction of sp³-hybridized carbons (Fsp3) is 0.529. The SMILES string of the molecule is CC(C)(C)OC(=O)N1CCC(N2C(=O)NC3CN(C(=O)C4CC(=O)N(c5ccc6c(c5)Cc5ccccc5-6)C4)CCC32)CC1.